The van der Waals surface area contributed by atoms with E-state index in [0.29, 0.717) is 23.2 Å². The van der Waals surface area contributed by atoms with Crippen molar-refractivity contribution in [3.05, 3.63) is 58.6 Å². The molecule has 0 saturated carbocycles. The van der Waals surface area contributed by atoms with Gasteiger partial charge in [0.15, 0.2) is 0 Å². The van der Waals surface area contributed by atoms with Crippen LogP contribution in [0.2, 0.25) is 5.02 Å². The Bertz CT molecular complexity index is 1190. The molecule has 1 N–H and O–H groups in total. The van der Waals surface area contributed by atoms with Crippen molar-refractivity contribution in [2.75, 3.05) is 17.2 Å². The molecule has 32 heavy (non-hydrogen) atoms. The second-order valence-electron chi connectivity index (χ2n) is 8.66. The van der Waals surface area contributed by atoms with E-state index in [4.69, 9.17) is 11.6 Å². The number of carbonyl (C=O) groups is 2. The number of carbonyl (C=O) groups excluding carboxylic acids is 2. The van der Waals surface area contributed by atoms with Gasteiger partial charge in [0.25, 0.3) is 0 Å². The van der Waals surface area contributed by atoms with Crippen LogP contribution in [0.25, 0.3) is 10.9 Å². The van der Waals surface area contributed by atoms with E-state index in [1.807, 2.05) is 50.4 Å². The number of aromatic nitrogens is 1. The first kappa shape index (κ1) is 22.7. The van der Waals surface area contributed by atoms with Gasteiger partial charge in [0.2, 0.25) is 11.8 Å². The maximum absolute atomic E-state index is 13.7. The Hall–Kier alpha value is -2.44. The van der Waals surface area contributed by atoms with Gasteiger partial charge in [-0.15, -0.1) is 0 Å². The predicted molar refractivity (Wildman–Crippen MR) is 133 cm³/mol. The summed E-state index contributed by atoms with van der Waals surface area (Å²) >= 11 is 7.90. The van der Waals surface area contributed by atoms with Gasteiger partial charge in [0.05, 0.1) is 10.8 Å². The molecular weight excluding hydrogens is 442 g/mol. The highest BCUT2D eigenvalue weighted by atomic mass is 35.5. The molecule has 0 fully saturated rings. The van der Waals surface area contributed by atoms with E-state index in [-0.39, 0.29) is 17.6 Å². The lowest BCUT2D eigenvalue weighted by molar-refractivity contribution is -0.125. The summed E-state index contributed by atoms with van der Waals surface area (Å²) in [6, 6.07) is 12.8. The zero-order valence-corrected chi connectivity index (χ0v) is 20.4. The van der Waals surface area contributed by atoms with Crippen LogP contribution in [0, 0.1) is 12.8 Å². The van der Waals surface area contributed by atoms with Crippen molar-refractivity contribution in [2.45, 2.75) is 38.3 Å². The molecule has 5 nitrogen and oxygen atoms in total. The number of nitrogens with one attached hydrogen (secondary N) is 1. The average molecular weight is 470 g/mol. The van der Waals surface area contributed by atoms with Gasteiger partial charge in [-0.05, 0) is 43.0 Å². The number of thioether (sulfide) groups is 1. The van der Waals surface area contributed by atoms with Crippen molar-refractivity contribution in [1.82, 2.24) is 9.88 Å². The third-order valence-electron chi connectivity index (χ3n) is 5.93. The Morgan fingerprint density at radius 2 is 2.00 bits per heavy atom. The van der Waals surface area contributed by atoms with Gasteiger partial charge >= 0.3 is 0 Å². The monoisotopic (exact) mass is 469 g/mol. The average Bonchev–Trinajstić information content (AvgIpc) is 2.93. The van der Waals surface area contributed by atoms with Crippen molar-refractivity contribution in [2.24, 2.45) is 13.0 Å². The third kappa shape index (κ3) is 4.14. The number of fused-ring (bicyclic) bond motifs is 3. The summed E-state index contributed by atoms with van der Waals surface area (Å²) in [5.74, 6) is 0.440. The molecule has 2 heterocycles. The normalized spacial score (nSPS) is 16.4. The van der Waals surface area contributed by atoms with Gasteiger partial charge < -0.3 is 9.88 Å². The molecule has 1 aliphatic rings. The molecule has 0 radical (unpaired) electrons. The number of nitrogens with zero attached hydrogens (tertiary/aromatic N) is 2. The fourth-order valence-electron chi connectivity index (χ4n) is 4.16. The molecule has 168 valence electrons. The fraction of sp³-hybridized carbons (Fsp3) is 0.360. The number of rotatable bonds is 5. The van der Waals surface area contributed by atoms with Crippen LogP contribution >= 0.6 is 23.4 Å². The molecule has 1 aliphatic heterocycles. The molecule has 0 unspecified atom stereocenters. The lowest BCUT2D eigenvalue weighted by atomic mass is 10.0. The van der Waals surface area contributed by atoms with E-state index in [2.05, 4.69) is 23.7 Å². The molecule has 1 aromatic heterocycles. The lowest BCUT2D eigenvalue weighted by Gasteiger charge is -2.30. The molecule has 2 amide bonds. The summed E-state index contributed by atoms with van der Waals surface area (Å²) in [5, 5.41) is 5.60. The highest BCUT2D eigenvalue weighted by molar-refractivity contribution is 8.00. The number of amides is 2. The first-order chi connectivity index (χ1) is 15.3. The molecule has 4 rings (SSSR count). The van der Waals surface area contributed by atoms with E-state index in [0.717, 1.165) is 33.5 Å². The number of hydrogen-bond donors (Lipinski definition) is 1. The summed E-state index contributed by atoms with van der Waals surface area (Å²) in [7, 11) is 1.99. The van der Waals surface area contributed by atoms with E-state index in [1.165, 1.54) is 11.8 Å². The lowest BCUT2D eigenvalue weighted by Crippen LogP contribution is -2.44. The Kier molecular flexibility index (Phi) is 6.54. The topological polar surface area (TPSA) is 54.3 Å². The highest BCUT2D eigenvalue weighted by Gasteiger charge is 2.39. The van der Waals surface area contributed by atoms with Crippen molar-refractivity contribution < 1.29 is 9.59 Å². The Morgan fingerprint density at radius 1 is 1.25 bits per heavy atom. The number of anilines is 1. The maximum Gasteiger partial charge on any atom is 0.247 e. The van der Waals surface area contributed by atoms with Crippen LogP contribution in [0.4, 0.5) is 5.69 Å². The number of hydrogen-bond acceptors (Lipinski definition) is 3. The van der Waals surface area contributed by atoms with Crippen LogP contribution in [-0.4, -0.2) is 28.7 Å². The number of halogens is 1. The minimum absolute atomic E-state index is 0.112. The summed E-state index contributed by atoms with van der Waals surface area (Å²) in [4.78, 5) is 28.7. The number of para-hydroxylation sites is 1. The van der Waals surface area contributed by atoms with Crippen LogP contribution in [0.15, 0.2) is 47.5 Å². The SMILES string of the molecule is Cc1ccc(N2C(=O)CSc3c(c4ccccc4n3C)[C@@H]2C(=O)NCCC(C)C)cc1Cl. The van der Waals surface area contributed by atoms with E-state index in [9.17, 15) is 9.59 Å². The van der Waals surface area contributed by atoms with Crippen LogP contribution < -0.4 is 10.2 Å². The fourth-order valence-corrected chi connectivity index (χ4v) is 5.41. The molecule has 1 atom stereocenters. The van der Waals surface area contributed by atoms with Gasteiger partial charge in [-0.2, -0.15) is 0 Å². The van der Waals surface area contributed by atoms with Crippen LogP contribution in [-0.2, 0) is 16.6 Å². The predicted octanol–water partition coefficient (Wildman–Crippen LogP) is 5.48. The maximum atomic E-state index is 13.7. The zero-order valence-electron chi connectivity index (χ0n) is 18.8. The second-order valence-corrected chi connectivity index (χ2v) is 10.0. The number of benzene rings is 2. The smallest absolute Gasteiger partial charge is 0.247 e. The zero-order chi connectivity index (χ0) is 23.0. The largest absolute Gasteiger partial charge is 0.354 e. The molecular formula is C25H28ClN3O2S. The minimum Gasteiger partial charge on any atom is -0.354 e. The summed E-state index contributed by atoms with van der Waals surface area (Å²) < 4.78 is 2.09. The van der Waals surface area contributed by atoms with Gasteiger partial charge in [0, 0.05) is 40.8 Å². The van der Waals surface area contributed by atoms with Crippen LogP contribution in [0.1, 0.15) is 37.4 Å². The van der Waals surface area contributed by atoms with Crippen molar-refractivity contribution in [1.29, 1.82) is 0 Å². The second kappa shape index (κ2) is 9.20. The van der Waals surface area contributed by atoms with Gasteiger partial charge in [-0.3, -0.25) is 14.5 Å². The van der Waals surface area contributed by atoms with E-state index in [1.54, 1.807) is 11.0 Å². The molecule has 3 aromatic rings. The van der Waals surface area contributed by atoms with Crippen molar-refractivity contribution >= 4 is 51.8 Å². The van der Waals surface area contributed by atoms with Crippen LogP contribution in [0.3, 0.4) is 0 Å². The Balaban J connectivity index is 1.89. The van der Waals surface area contributed by atoms with Gasteiger partial charge in [-0.1, -0.05) is 61.5 Å². The van der Waals surface area contributed by atoms with E-state index >= 15 is 0 Å². The highest BCUT2D eigenvalue weighted by Crippen LogP contribution is 2.43. The Morgan fingerprint density at radius 3 is 2.72 bits per heavy atom. The molecule has 0 aliphatic carbocycles. The summed E-state index contributed by atoms with van der Waals surface area (Å²) in [6.07, 6.45) is 0.875. The molecule has 0 saturated heterocycles. The minimum atomic E-state index is -0.774. The summed E-state index contributed by atoms with van der Waals surface area (Å²) in [6.45, 7) is 6.74. The first-order valence-electron chi connectivity index (χ1n) is 10.9. The molecule has 0 bridgehead atoms. The third-order valence-corrected chi connectivity index (χ3v) is 7.49. The Labute approximate surface area is 198 Å². The quantitative estimate of drug-likeness (QED) is 0.538. The first-order valence-corrected chi connectivity index (χ1v) is 12.2. The molecule has 7 heteroatoms. The van der Waals surface area contributed by atoms with Crippen molar-refractivity contribution in [3.63, 3.8) is 0 Å². The standard InChI is InChI=1S/C25H28ClN3O2S/c1-15(2)11-12-27-24(31)23-22-18-7-5-6-8-20(18)28(4)25(22)32-14-21(30)29(23)17-10-9-16(3)19(26)13-17/h5-10,13,15,23H,11-12,14H2,1-4H3,(H,27,31)/t23-/m1/s1. The summed E-state index contributed by atoms with van der Waals surface area (Å²) in [5.41, 5.74) is 3.48. The van der Waals surface area contributed by atoms with E-state index < -0.39 is 6.04 Å². The van der Waals surface area contributed by atoms with Crippen molar-refractivity contribution in [3.8, 4) is 0 Å². The molecule has 0 spiro atoms. The van der Waals surface area contributed by atoms with Crippen LogP contribution in [0.5, 0.6) is 0 Å². The number of aryl methyl sites for hydroxylation is 2. The van der Waals surface area contributed by atoms with Gasteiger partial charge in [-0.25, -0.2) is 0 Å². The molecule has 2 aromatic carbocycles. The van der Waals surface area contributed by atoms with Gasteiger partial charge in [0.1, 0.15) is 6.04 Å².